The lowest BCUT2D eigenvalue weighted by Gasteiger charge is -2.14. The molecule has 0 unspecified atom stereocenters. The van der Waals surface area contributed by atoms with Crippen molar-refractivity contribution >= 4 is 29.1 Å². The Balaban J connectivity index is 1.99. The SMILES string of the molecule is N#C[C@@H](NC(=O)C[C@@H]1CCCO1)c1ccc(Cl)c(Cl)c1. The molecule has 1 aromatic carbocycles. The molecule has 2 atom stereocenters. The molecular formula is C14H14Cl2N2O2. The van der Waals surface area contributed by atoms with Crippen molar-refractivity contribution < 1.29 is 9.53 Å². The first-order valence-corrected chi connectivity index (χ1v) is 7.11. The van der Waals surface area contributed by atoms with Crippen molar-refractivity contribution in [1.82, 2.24) is 5.32 Å². The van der Waals surface area contributed by atoms with Gasteiger partial charge < -0.3 is 10.1 Å². The number of amides is 1. The summed E-state index contributed by atoms with van der Waals surface area (Å²) in [7, 11) is 0. The fraction of sp³-hybridized carbons (Fsp3) is 0.429. The first kappa shape index (κ1) is 15.1. The van der Waals surface area contributed by atoms with Crippen LogP contribution >= 0.6 is 23.2 Å². The number of carbonyl (C=O) groups is 1. The van der Waals surface area contributed by atoms with Crippen LogP contribution in [0.4, 0.5) is 0 Å². The van der Waals surface area contributed by atoms with Gasteiger partial charge in [-0.25, -0.2) is 0 Å². The predicted molar refractivity (Wildman–Crippen MR) is 76.5 cm³/mol. The van der Waals surface area contributed by atoms with Crippen molar-refractivity contribution in [3.8, 4) is 6.07 Å². The van der Waals surface area contributed by atoms with Gasteiger partial charge in [0.25, 0.3) is 0 Å². The van der Waals surface area contributed by atoms with Crippen LogP contribution in [0.3, 0.4) is 0 Å². The van der Waals surface area contributed by atoms with E-state index in [0.717, 1.165) is 12.8 Å². The molecule has 0 aliphatic carbocycles. The molecule has 0 aromatic heterocycles. The van der Waals surface area contributed by atoms with Crippen molar-refractivity contribution in [2.75, 3.05) is 6.61 Å². The van der Waals surface area contributed by atoms with Gasteiger partial charge in [-0.2, -0.15) is 5.26 Å². The van der Waals surface area contributed by atoms with E-state index in [0.29, 0.717) is 22.2 Å². The number of ether oxygens (including phenoxy) is 1. The van der Waals surface area contributed by atoms with E-state index in [1.807, 2.05) is 6.07 Å². The van der Waals surface area contributed by atoms with Gasteiger partial charge in [0.1, 0.15) is 6.04 Å². The molecule has 1 aliphatic heterocycles. The summed E-state index contributed by atoms with van der Waals surface area (Å²) in [5.74, 6) is -0.200. The molecule has 4 nitrogen and oxygen atoms in total. The number of rotatable bonds is 4. The molecular weight excluding hydrogens is 299 g/mol. The molecule has 20 heavy (non-hydrogen) atoms. The van der Waals surface area contributed by atoms with Gasteiger partial charge in [-0.15, -0.1) is 0 Å². The Morgan fingerprint density at radius 2 is 2.30 bits per heavy atom. The van der Waals surface area contributed by atoms with Crippen LogP contribution < -0.4 is 5.32 Å². The van der Waals surface area contributed by atoms with Gasteiger partial charge in [0.05, 0.1) is 28.6 Å². The van der Waals surface area contributed by atoms with E-state index in [1.54, 1.807) is 18.2 Å². The van der Waals surface area contributed by atoms with E-state index < -0.39 is 6.04 Å². The minimum Gasteiger partial charge on any atom is -0.378 e. The molecule has 1 N–H and O–H groups in total. The number of hydrogen-bond acceptors (Lipinski definition) is 3. The minimum absolute atomic E-state index is 0.0388. The van der Waals surface area contributed by atoms with Gasteiger partial charge >= 0.3 is 0 Å². The summed E-state index contributed by atoms with van der Waals surface area (Å²) < 4.78 is 5.40. The first-order chi connectivity index (χ1) is 9.60. The lowest BCUT2D eigenvalue weighted by molar-refractivity contribution is -0.123. The molecule has 2 rings (SSSR count). The molecule has 0 bridgehead atoms. The standard InChI is InChI=1S/C14H14Cl2N2O2/c15-11-4-3-9(6-12(11)16)13(8-17)18-14(19)7-10-2-1-5-20-10/h3-4,6,10,13H,1-2,5,7H2,(H,18,19)/t10-,13+/m0/s1. The smallest absolute Gasteiger partial charge is 0.223 e. The van der Waals surface area contributed by atoms with Gasteiger partial charge in [0, 0.05) is 6.61 Å². The normalized spacial score (nSPS) is 19.4. The zero-order valence-corrected chi connectivity index (χ0v) is 12.2. The van der Waals surface area contributed by atoms with Crippen molar-refractivity contribution in [2.45, 2.75) is 31.4 Å². The third-order valence-corrected chi connectivity index (χ3v) is 3.89. The number of nitrogens with one attached hydrogen (secondary N) is 1. The molecule has 1 saturated heterocycles. The Kier molecular flexibility index (Phi) is 5.24. The number of halogens is 2. The second kappa shape index (κ2) is 6.94. The summed E-state index contributed by atoms with van der Waals surface area (Å²) in [4.78, 5) is 11.9. The Labute approximate surface area is 127 Å². The second-order valence-corrected chi connectivity index (χ2v) is 5.46. The molecule has 1 amide bonds. The van der Waals surface area contributed by atoms with Gasteiger partial charge in [-0.3, -0.25) is 4.79 Å². The topological polar surface area (TPSA) is 62.1 Å². The van der Waals surface area contributed by atoms with E-state index in [2.05, 4.69) is 5.32 Å². The monoisotopic (exact) mass is 312 g/mol. The first-order valence-electron chi connectivity index (χ1n) is 6.35. The average Bonchev–Trinajstić information content (AvgIpc) is 2.92. The molecule has 1 aliphatic rings. The largest absolute Gasteiger partial charge is 0.378 e. The average molecular weight is 313 g/mol. The van der Waals surface area contributed by atoms with Crippen LogP contribution in [0.25, 0.3) is 0 Å². The van der Waals surface area contributed by atoms with Crippen molar-refractivity contribution in [2.24, 2.45) is 0 Å². The van der Waals surface area contributed by atoms with Crippen LogP contribution in [0.15, 0.2) is 18.2 Å². The number of benzene rings is 1. The Morgan fingerprint density at radius 3 is 2.90 bits per heavy atom. The molecule has 0 saturated carbocycles. The van der Waals surface area contributed by atoms with Crippen LogP contribution in [0.5, 0.6) is 0 Å². The number of carbonyl (C=O) groups excluding carboxylic acids is 1. The predicted octanol–water partition coefficient (Wildman–Crippen LogP) is 3.24. The molecule has 1 fully saturated rings. The minimum atomic E-state index is -0.737. The molecule has 1 aromatic rings. The molecule has 0 spiro atoms. The lowest BCUT2D eigenvalue weighted by atomic mass is 10.1. The maximum absolute atomic E-state index is 11.9. The second-order valence-electron chi connectivity index (χ2n) is 4.64. The highest BCUT2D eigenvalue weighted by Crippen LogP contribution is 2.25. The third-order valence-electron chi connectivity index (χ3n) is 3.15. The summed E-state index contributed by atoms with van der Waals surface area (Å²) in [6, 6.07) is 6.18. The van der Waals surface area contributed by atoms with Crippen LogP contribution in [-0.4, -0.2) is 18.6 Å². The van der Waals surface area contributed by atoms with Crippen LogP contribution in [0.1, 0.15) is 30.9 Å². The summed E-state index contributed by atoms with van der Waals surface area (Å²) in [5.41, 5.74) is 0.614. The molecule has 1 heterocycles. The third kappa shape index (κ3) is 3.86. The van der Waals surface area contributed by atoms with Crippen LogP contribution in [0, 0.1) is 11.3 Å². The quantitative estimate of drug-likeness (QED) is 0.928. The molecule has 0 radical (unpaired) electrons. The number of nitrogens with zero attached hydrogens (tertiary/aromatic N) is 1. The van der Waals surface area contributed by atoms with Gasteiger partial charge in [-0.05, 0) is 30.5 Å². The van der Waals surface area contributed by atoms with Crippen molar-refractivity contribution in [1.29, 1.82) is 5.26 Å². The fourth-order valence-corrected chi connectivity index (χ4v) is 2.42. The highest BCUT2D eigenvalue weighted by atomic mass is 35.5. The van der Waals surface area contributed by atoms with Gasteiger partial charge in [0.15, 0.2) is 0 Å². The molecule has 6 heteroatoms. The van der Waals surface area contributed by atoms with Crippen molar-refractivity contribution in [3.05, 3.63) is 33.8 Å². The van der Waals surface area contributed by atoms with Crippen LogP contribution in [-0.2, 0) is 9.53 Å². The highest BCUT2D eigenvalue weighted by molar-refractivity contribution is 6.42. The lowest BCUT2D eigenvalue weighted by Crippen LogP contribution is -2.30. The van der Waals surface area contributed by atoms with E-state index in [9.17, 15) is 10.1 Å². The van der Waals surface area contributed by atoms with Crippen LogP contribution in [0.2, 0.25) is 10.0 Å². The maximum atomic E-state index is 11.9. The van der Waals surface area contributed by atoms with Gasteiger partial charge in [0.2, 0.25) is 5.91 Å². The molecule has 106 valence electrons. The Bertz CT molecular complexity index is 536. The van der Waals surface area contributed by atoms with E-state index in [4.69, 9.17) is 27.9 Å². The highest BCUT2D eigenvalue weighted by Gasteiger charge is 2.21. The summed E-state index contributed by atoms with van der Waals surface area (Å²) in [6.45, 7) is 0.701. The van der Waals surface area contributed by atoms with E-state index >= 15 is 0 Å². The summed E-state index contributed by atoms with van der Waals surface area (Å²) >= 11 is 11.7. The maximum Gasteiger partial charge on any atom is 0.223 e. The Hall–Kier alpha value is -1.28. The van der Waals surface area contributed by atoms with E-state index in [1.165, 1.54) is 0 Å². The zero-order chi connectivity index (χ0) is 14.5. The summed E-state index contributed by atoms with van der Waals surface area (Å²) in [5, 5.41) is 12.6. The van der Waals surface area contributed by atoms with Crippen molar-refractivity contribution in [3.63, 3.8) is 0 Å². The van der Waals surface area contributed by atoms with Gasteiger partial charge in [-0.1, -0.05) is 29.3 Å². The fourth-order valence-electron chi connectivity index (χ4n) is 2.11. The number of nitriles is 1. The Morgan fingerprint density at radius 1 is 1.50 bits per heavy atom. The number of hydrogen-bond donors (Lipinski definition) is 1. The summed E-state index contributed by atoms with van der Waals surface area (Å²) in [6.07, 6.45) is 2.10. The zero-order valence-electron chi connectivity index (χ0n) is 10.7. The van der Waals surface area contributed by atoms with E-state index in [-0.39, 0.29) is 18.4 Å².